The van der Waals surface area contributed by atoms with Crippen LogP contribution in [0.5, 0.6) is 5.75 Å². The molecule has 3 aliphatic rings. The van der Waals surface area contributed by atoms with Gasteiger partial charge in [-0.15, -0.1) is 0 Å². The van der Waals surface area contributed by atoms with Gasteiger partial charge in [0.2, 0.25) is 0 Å². The number of hydrogen-bond donors (Lipinski definition) is 0. The van der Waals surface area contributed by atoms with Crippen molar-refractivity contribution >= 4 is 16.6 Å². The Morgan fingerprint density at radius 1 is 1.36 bits per heavy atom. The number of piperidine rings is 3. The third-order valence-corrected chi connectivity index (χ3v) is 6.65. The molecular formula is C21H27N3O4. The van der Waals surface area contributed by atoms with Gasteiger partial charge in [0.15, 0.2) is 5.75 Å². The lowest BCUT2D eigenvalue weighted by atomic mass is 9.72. The fourth-order valence-corrected chi connectivity index (χ4v) is 5.27. The molecule has 1 aromatic carbocycles. The lowest BCUT2D eigenvalue weighted by Gasteiger charge is -2.51. The number of nitro benzene ring substituents is 1. The van der Waals surface area contributed by atoms with Crippen LogP contribution in [0.15, 0.2) is 24.4 Å². The second kappa shape index (κ2) is 7.64. The minimum Gasteiger partial charge on any atom is -0.490 e. The number of nitrogens with zero attached hydrogens (tertiary/aromatic N) is 3. The van der Waals surface area contributed by atoms with Gasteiger partial charge < -0.3 is 9.47 Å². The van der Waals surface area contributed by atoms with Crippen LogP contribution in [-0.2, 0) is 4.74 Å². The van der Waals surface area contributed by atoms with Crippen molar-refractivity contribution in [3.8, 4) is 5.75 Å². The predicted molar refractivity (Wildman–Crippen MR) is 107 cm³/mol. The number of benzene rings is 1. The molecule has 3 saturated heterocycles. The summed E-state index contributed by atoms with van der Waals surface area (Å²) in [5.74, 6) is 1.69. The molecule has 0 amide bonds. The molecule has 3 aliphatic heterocycles. The number of ether oxygens (including phenoxy) is 2. The van der Waals surface area contributed by atoms with E-state index < -0.39 is 0 Å². The van der Waals surface area contributed by atoms with Crippen molar-refractivity contribution in [1.82, 2.24) is 9.88 Å². The van der Waals surface area contributed by atoms with Crippen LogP contribution in [0.25, 0.3) is 10.9 Å². The van der Waals surface area contributed by atoms with Crippen molar-refractivity contribution in [2.24, 2.45) is 11.8 Å². The molecule has 28 heavy (non-hydrogen) atoms. The van der Waals surface area contributed by atoms with E-state index in [1.165, 1.54) is 20.0 Å². The van der Waals surface area contributed by atoms with Crippen molar-refractivity contribution < 1.29 is 14.4 Å². The summed E-state index contributed by atoms with van der Waals surface area (Å²) in [4.78, 5) is 18.4. The third-order valence-electron chi connectivity index (χ3n) is 6.65. The lowest BCUT2D eigenvalue weighted by molar-refractivity contribution is -0.384. The molecule has 5 atom stereocenters. The van der Waals surface area contributed by atoms with E-state index in [4.69, 9.17) is 9.47 Å². The number of rotatable bonds is 6. The number of pyridine rings is 1. The molecule has 3 fully saturated rings. The zero-order chi connectivity index (χ0) is 19.8. The lowest BCUT2D eigenvalue weighted by Crippen LogP contribution is -2.55. The maximum atomic E-state index is 11.9. The average Bonchev–Trinajstić information content (AvgIpc) is 2.73. The Labute approximate surface area is 164 Å². The molecule has 7 heteroatoms. The summed E-state index contributed by atoms with van der Waals surface area (Å²) in [5, 5.41) is 12.4. The van der Waals surface area contributed by atoms with E-state index in [0.29, 0.717) is 16.8 Å². The molecule has 1 unspecified atom stereocenters. The summed E-state index contributed by atoms with van der Waals surface area (Å²) in [7, 11) is 3.15. The van der Waals surface area contributed by atoms with Gasteiger partial charge in [0.05, 0.1) is 29.0 Å². The van der Waals surface area contributed by atoms with Crippen LogP contribution in [-0.4, -0.2) is 48.2 Å². The normalized spacial score (nSPS) is 27.7. The first kappa shape index (κ1) is 19.1. The second-order valence-electron chi connectivity index (χ2n) is 7.84. The molecule has 5 rings (SSSR count). The Balaban J connectivity index is 1.82. The molecule has 2 bridgehead atoms. The van der Waals surface area contributed by atoms with E-state index in [-0.39, 0.29) is 28.5 Å². The van der Waals surface area contributed by atoms with Crippen LogP contribution < -0.4 is 4.74 Å². The largest absolute Gasteiger partial charge is 0.490 e. The molecule has 150 valence electrons. The van der Waals surface area contributed by atoms with Crippen LogP contribution >= 0.6 is 0 Å². The zero-order valence-electron chi connectivity index (χ0n) is 16.6. The highest BCUT2D eigenvalue weighted by Gasteiger charge is 2.43. The smallest absolute Gasteiger partial charge is 0.320 e. The van der Waals surface area contributed by atoms with Crippen LogP contribution in [0.4, 0.5) is 5.69 Å². The van der Waals surface area contributed by atoms with Gasteiger partial charge in [-0.2, -0.15) is 0 Å². The zero-order valence-corrected chi connectivity index (χ0v) is 16.6. The SMILES string of the molecule is CC[C@H]1CN2CC[C@H]1C[C@H]2[C@H](OC)c1ccnc2ccc(OC)c([N+](=O)[O-])c12. The summed E-state index contributed by atoms with van der Waals surface area (Å²) in [6.07, 6.45) is 4.98. The van der Waals surface area contributed by atoms with Crippen molar-refractivity contribution in [1.29, 1.82) is 0 Å². The molecule has 0 aliphatic carbocycles. The second-order valence-corrected chi connectivity index (χ2v) is 7.84. The quantitative estimate of drug-likeness (QED) is 0.553. The molecular weight excluding hydrogens is 358 g/mol. The number of fused-ring (bicyclic) bond motifs is 4. The van der Waals surface area contributed by atoms with Crippen LogP contribution in [0.3, 0.4) is 0 Å². The number of hydrogen-bond acceptors (Lipinski definition) is 6. The maximum Gasteiger partial charge on any atom is 0.320 e. The topological polar surface area (TPSA) is 77.7 Å². The highest BCUT2D eigenvalue weighted by Crippen LogP contribution is 2.45. The summed E-state index contributed by atoms with van der Waals surface area (Å²) >= 11 is 0. The minimum absolute atomic E-state index is 0.0347. The van der Waals surface area contributed by atoms with Gasteiger partial charge in [-0.05, 0) is 49.4 Å². The van der Waals surface area contributed by atoms with Gasteiger partial charge >= 0.3 is 5.69 Å². The van der Waals surface area contributed by atoms with E-state index in [2.05, 4.69) is 16.8 Å². The molecule has 1 aromatic heterocycles. The minimum atomic E-state index is -0.376. The van der Waals surface area contributed by atoms with Gasteiger partial charge in [-0.3, -0.25) is 20.0 Å². The number of aromatic nitrogens is 1. The molecule has 0 N–H and O–H groups in total. The van der Waals surface area contributed by atoms with Crippen LogP contribution in [0.2, 0.25) is 0 Å². The van der Waals surface area contributed by atoms with E-state index in [1.54, 1.807) is 25.4 Å². The molecule has 7 nitrogen and oxygen atoms in total. The standard InChI is InChI=1S/C21H27N3O4/c1-4-13-12-23-10-8-14(13)11-17(23)21(28-3)15-7-9-22-16-5-6-18(27-2)20(19(15)16)24(25)26/h5-7,9,13-14,17,21H,4,8,10-12H2,1-3H3/t13-,14-,17-,21+/m0/s1. The van der Waals surface area contributed by atoms with Gasteiger partial charge in [0, 0.05) is 31.5 Å². The first-order chi connectivity index (χ1) is 13.6. The maximum absolute atomic E-state index is 11.9. The molecule has 4 heterocycles. The van der Waals surface area contributed by atoms with E-state index in [0.717, 1.165) is 31.0 Å². The Bertz CT molecular complexity index is 887. The van der Waals surface area contributed by atoms with Gasteiger partial charge in [-0.1, -0.05) is 13.3 Å². The van der Waals surface area contributed by atoms with Crippen molar-refractivity contribution in [3.63, 3.8) is 0 Å². The third kappa shape index (κ3) is 3.02. The highest BCUT2D eigenvalue weighted by molar-refractivity contribution is 5.94. The average molecular weight is 385 g/mol. The van der Waals surface area contributed by atoms with Gasteiger partial charge in [0.25, 0.3) is 0 Å². The van der Waals surface area contributed by atoms with Crippen LogP contribution in [0.1, 0.15) is 37.9 Å². The summed E-state index contributed by atoms with van der Waals surface area (Å²) in [5.41, 5.74) is 1.38. The van der Waals surface area contributed by atoms with Gasteiger partial charge in [0.1, 0.15) is 0 Å². The highest BCUT2D eigenvalue weighted by atomic mass is 16.6. The monoisotopic (exact) mass is 385 g/mol. The van der Waals surface area contributed by atoms with Crippen molar-refractivity contribution in [3.05, 3.63) is 40.1 Å². The van der Waals surface area contributed by atoms with E-state index >= 15 is 0 Å². The van der Waals surface area contributed by atoms with Crippen molar-refractivity contribution in [2.45, 2.75) is 38.3 Å². The molecule has 0 saturated carbocycles. The van der Waals surface area contributed by atoms with Crippen molar-refractivity contribution in [2.75, 3.05) is 27.3 Å². The first-order valence-electron chi connectivity index (χ1n) is 9.95. The Hall–Kier alpha value is -2.25. The summed E-state index contributed by atoms with van der Waals surface area (Å²) < 4.78 is 11.3. The van der Waals surface area contributed by atoms with E-state index in [1.807, 2.05) is 6.07 Å². The Morgan fingerprint density at radius 2 is 2.18 bits per heavy atom. The number of methoxy groups -OCH3 is 2. The van der Waals surface area contributed by atoms with Crippen LogP contribution in [0, 0.1) is 22.0 Å². The fraction of sp³-hybridized carbons (Fsp3) is 0.571. The summed E-state index contributed by atoms with van der Waals surface area (Å²) in [6, 6.07) is 5.47. The number of nitro groups is 1. The Morgan fingerprint density at radius 3 is 2.79 bits per heavy atom. The predicted octanol–water partition coefficient (Wildman–Crippen LogP) is 3.96. The Kier molecular flexibility index (Phi) is 5.21. The first-order valence-corrected chi connectivity index (χ1v) is 9.95. The van der Waals surface area contributed by atoms with Gasteiger partial charge in [-0.25, -0.2) is 0 Å². The molecule has 0 spiro atoms. The van der Waals surface area contributed by atoms with E-state index in [9.17, 15) is 10.1 Å². The summed E-state index contributed by atoms with van der Waals surface area (Å²) in [6.45, 7) is 4.42. The molecule has 0 radical (unpaired) electrons. The molecule has 2 aromatic rings. The fourth-order valence-electron chi connectivity index (χ4n) is 5.27.